The zero-order chi connectivity index (χ0) is 8.48. The number of hydrogen-bond acceptors (Lipinski definition) is 4. The average Bonchev–Trinajstić information content (AvgIpc) is 2.32. The van der Waals surface area contributed by atoms with Crippen LogP contribution in [0.1, 0.15) is 6.92 Å². The maximum Gasteiger partial charge on any atom is 0.220 e. The first-order valence-electron chi connectivity index (χ1n) is 3.06. The van der Waals surface area contributed by atoms with Crippen molar-refractivity contribution in [2.45, 2.75) is 12.5 Å². The second-order valence-electron chi connectivity index (χ2n) is 2.32. The molecule has 0 aromatic carbocycles. The lowest BCUT2D eigenvalue weighted by molar-refractivity contribution is -0.462. The summed E-state index contributed by atoms with van der Waals surface area (Å²) in [5, 5.41) is 4.25. The molecule has 0 N–H and O–H groups in total. The molecule has 1 saturated heterocycles. The lowest BCUT2D eigenvalue weighted by Crippen LogP contribution is -2.27. The third kappa shape index (κ3) is 1.10. The highest BCUT2D eigenvalue weighted by Gasteiger charge is 2.43. The van der Waals surface area contributed by atoms with E-state index in [9.17, 15) is 0 Å². The average molecular weight is 158 g/mol. The van der Waals surface area contributed by atoms with Crippen LogP contribution in [0.3, 0.4) is 0 Å². The predicted molar refractivity (Wildman–Crippen MR) is 36.9 cm³/mol. The molecule has 0 amide bonds. The first-order valence-corrected chi connectivity index (χ1v) is 3.06. The third-order valence-electron chi connectivity index (χ3n) is 1.65. The molecular weight excluding hydrogens is 148 g/mol. The van der Waals surface area contributed by atoms with Crippen molar-refractivity contribution in [3.8, 4) is 0 Å². The number of rotatable bonds is 2. The fraction of sp³-hybridized carbons (Fsp3) is 0.429. The van der Waals surface area contributed by atoms with E-state index >= 15 is 0 Å². The van der Waals surface area contributed by atoms with E-state index in [4.69, 9.17) is 9.62 Å². The van der Waals surface area contributed by atoms with E-state index in [-0.39, 0.29) is 0 Å². The minimum atomic E-state index is -0.894. The molecule has 0 bridgehead atoms. The minimum Gasteiger partial charge on any atom is -0.498 e. The van der Waals surface area contributed by atoms with Crippen molar-refractivity contribution in [2.75, 3.05) is 7.11 Å². The summed E-state index contributed by atoms with van der Waals surface area (Å²) in [6, 6.07) is 0. The van der Waals surface area contributed by atoms with Crippen LogP contribution in [0.5, 0.6) is 0 Å². The van der Waals surface area contributed by atoms with Gasteiger partial charge in [-0.25, -0.2) is 0 Å². The van der Waals surface area contributed by atoms with E-state index in [1.165, 1.54) is 7.11 Å². The van der Waals surface area contributed by atoms with Crippen LogP contribution in [0.15, 0.2) is 24.7 Å². The predicted octanol–water partition coefficient (Wildman–Crippen LogP) is 1.31. The zero-order valence-corrected chi connectivity index (χ0v) is 6.55. The molecule has 0 aromatic heterocycles. The van der Waals surface area contributed by atoms with Crippen LogP contribution in [0.2, 0.25) is 0 Å². The number of methoxy groups -OCH3 is 1. The van der Waals surface area contributed by atoms with Gasteiger partial charge in [0.25, 0.3) is 0 Å². The van der Waals surface area contributed by atoms with Crippen LogP contribution in [0.25, 0.3) is 0 Å². The van der Waals surface area contributed by atoms with Gasteiger partial charge in [0.15, 0.2) is 5.76 Å². The molecule has 1 fully saturated rings. The van der Waals surface area contributed by atoms with Gasteiger partial charge in [0, 0.05) is 0 Å². The molecule has 1 aliphatic heterocycles. The molecule has 0 saturated carbocycles. The first kappa shape index (κ1) is 8.10. The Morgan fingerprint density at radius 1 is 1.64 bits per heavy atom. The second kappa shape index (κ2) is 2.56. The highest BCUT2D eigenvalue weighted by molar-refractivity contribution is 5.19. The molecule has 11 heavy (non-hydrogen) atoms. The Labute approximate surface area is 64.9 Å². The van der Waals surface area contributed by atoms with Crippen molar-refractivity contribution in [3.63, 3.8) is 0 Å². The molecule has 62 valence electrons. The molecule has 0 aromatic rings. The van der Waals surface area contributed by atoms with Gasteiger partial charge < -0.3 is 9.62 Å². The molecule has 0 radical (unpaired) electrons. The van der Waals surface area contributed by atoms with E-state index in [1.54, 1.807) is 6.92 Å². The van der Waals surface area contributed by atoms with Crippen molar-refractivity contribution >= 4 is 0 Å². The molecule has 0 aliphatic carbocycles. The lowest BCUT2D eigenvalue weighted by Gasteiger charge is -2.18. The summed E-state index contributed by atoms with van der Waals surface area (Å²) in [5.41, 5.74) is -0.894. The molecule has 4 nitrogen and oxygen atoms in total. The van der Waals surface area contributed by atoms with Gasteiger partial charge in [-0.2, -0.15) is 4.89 Å². The van der Waals surface area contributed by atoms with E-state index < -0.39 is 5.60 Å². The molecule has 1 atom stereocenters. The summed E-state index contributed by atoms with van der Waals surface area (Å²) in [5.74, 6) is 0.712. The smallest absolute Gasteiger partial charge is 0.220 e. The fourth-order valence-electron chi connectivity index (χ4n) is 0.649. The quantitative estimate of drug-likeness (QED) is 0.448. The summed E-state index contributed by atoms with van der Waals surface area (Å²) in [6.07, 6.45) is 0. The summed E-state index contributed by atoms with van der Waals surface area (Å²) in [6.45, 7) is 8.86. The second-order valence-corrected chi connectivity index (χ2v) is 2.32. The largest absolute Gasteiger partial charge is 0.498 e. The molecule has 1 rings (SSSR count). The van der Waals surface area contributed by atoms with Crippen molar-refractivity contribution in [1.29, 1.82) is 0 Å². The number of hydrogen-bond donors (Lipinski definition) is 0. The van der Waals surface area contributed by atoms with Crippen LogP contribution in [0.4, 0.5) is 0 Å². The normalized spacial score (nSPS) is 29.8. The van der Waals surface area contributed by atoms with Gasteiger partial charge in [-0.3, -0.25) is 0 Å². The van der Waals surface area contributed by atoms with Gasteiger partial charge in [-0.05, 0) is 12.0 Å². The van der Waals surface area contributed by atoms with Crippen molar-refractivity contribution < 1.29 is 19.6 Å². The Morgan fingerprint density at radius 3 is 2.64 bits per heavy atom. The maximum atomic E-state index is 4.87. The van der Waals surface area contributed by atoms with Crippen molar-refractivity contribution in [3.05, 3.63) is 24.7 Å². The molecule has 0 spiro atoms. The van der Waals surface area contributed by atoms with Gasteiger partial charge in [-0.15, -0.1) is 0 Å². The van der Waals surface area contributed by atoms with Crippen LogP contribution < -0.4 is 0 Å². The maximum absolute atomic E-state index is 4.87. The highest BCUT2D eigenvalue weighted by Crippen LogP contribution is 2.34. The first-order chi connectivity index (χ1) is 5.11. The molecular formula is C7H10O4. The van der Waals surface area contributed by atoms with Gasteiger partial charge in [0.05, 0.1) is 7.11 Å². The third-order valence-corrected chi connectivity index (χ3v) is 1.65. The van der Waals surface area contributed by atoms with Crippen molar-refractivity contribution in [2.24, 2.45) is 0 Å². The van der Waals surface area contributed by atoms with E-state index in [1.807, 2.05) is 0 Å². The Morgan fingerprint density at radius 2 is 2.27 bits per heavy atom. The Balaban J connectivity index is 2.80. The van der Waals surface area contributed by atoms with Crippen molar-refractivity contribution in [1.82, 2.24) is 0 Å². The van der Waals surface area contributed by atoms with Crippen LogP contribution in [0, 0.1) is 0 Å². The van der Waals surface area contributed by atoms with Crippen LogP contribution in [-0.2, 0) is 19.6 Å². The topological polar surface area (TPSA) is 36.9 Å². The molecule has 1 heterocycles. The molecule has 1 unspecified atom stereocenters. The van der Waals surface area contributed by atoms with Crippen LogP contribution in [-0.4, -0.2) is 12.7 Å². The monoisotopic (exact) mass is 158 g/mol. The van der Waals surface area contributed by atoms with Gasteiger partial charge in [0.1, 0.15) is 5.76 Å². The molecule has 4 heteroatoms. The summed E-state index contributed by atoms with van der Waals surface area (Å²) in [4.78, 5) is 9.29. The Hall–Kier alpha value is -1.00. The van der Waals surface area contributed by atoms with E-state index in [0.717, 1.165) is 0 Å². The minimum absolute atomic E-state index is 0.323. The Bertz CT molecular complexity index is 199. The standard InChI is InChI=1S/C7H10O4/c1-5(8-4)7(3)6(2)9-11-10-7/h1-2H2,3-4H3. The van der Waals surface area contributed by atoms with Gasteiger partial charge >= 0.3 is 0 Å². The Kier molecular flexibility index (Phi) is 1.89. The SMILES string of the molecule is C=C(OC)C1(C)OOOC1=C. The van der Waals surface area contributed by atoms with E-state index in [2.05, 4.69) is 23.1 Å². The summed E-state index contributed by atoms with van der Waals surface area (Å²) >= 11 is 0. The fourth-order valence-corrected chi connectivity index (χ4v) is 0.649. The number of ether oxygens (including phenoxy) is 1. The van der Waals surface area contributed by atoms with Gasteiger partial charge in [0.2, 0.25) is 5.60 Å². The van der Waals surface area contributed by atoms with E-state index in [0.29, 0.717) is 11.5 Å². The summed E-state index contributed by atoms with van der Waals surface area (Å²) in [7, 11) is 1.49. The van der Waals surface area contributed by atoms with Crippen LogP contribution >= 0.6 is 0 Å². The zero-order valence-electron chi connectivity index (χ0n) is 6.55. The summed E-state index contributed by atoms with van der Waals surface area (Å²) < 4.78 is 4.87. The molecule has 1 aliphatic rings. The lowest BCUT2D eigenvalue weighted by atomic mass is 10.0. The van der Waals surface area contributed by atoms with Gasteiger partial charge in [-0.1, -0.05) is 13.2 Å². The highest BCUT2D eigenvalue weighted by atomic mass is 17.5.